The Morgan fingerprint density at radius 1 is 1.19 bits per heavy atom. The van der Waals surface area contributed by atoms with E-state index in [4.69, 9.17) is 17.3 Å². The SMILES string of the molecule is Nc1c(F)ccc(S(=O)(=O)Nc2ccc(Cl)cc2I)c1F. The third-order valence-electron chi connectivity index (χ3n) is 2.56. The minimum atomic E-state index is -4.24. The van der Waals surface area contributed by atoms with Crippen molar-refractivity contribution in [3.05, 3.63) is 50.6 Å². The van der Waals surface area contributed by atoms with E-state index in [1.807, 2.05) is 22.6 Å². The second kappa shape index (κ2) is 5.93. The Morgan fingerprint density at radius 2 is 1.86 bits per heavy atom. The maximum atomic E-state index is 13.8. The fraction of sp³-hybridized carbons (Fsp3) is 0. The molecule has 4 nitrogen and oxygen atoms in total. The maximum Gasteiger partial charge on any atom is 0.264 e. The second-order valence-corrected chi connectivity index (χ2v) is 7.25. The third kappa shape index (κ3) is 3.38. The van der Waals surface area contributed by atoms with E-state index >= 15 is 0 Å². The minimum Gasteiger partial charge on any atom is -0.394 e. The number of nitrogens with two attached hydrogens (primary N) is 1. The summed E-state index contributed by atoms with van der Waals surface area (Å²) < 4.78 is 54.0. The van der Waals surface area contributed by atoms with Crippen molar-refractivity contribution in [3.8, 4) is 0 Å². The van der Waals surface area contributed by atoms with Gasteiger partial charge in [0.15, 0.2) is 5.82 Å². The predicted octanol–water partition coefficient (Wildman–Crippen LogP) is 3.61. The molecule has 2 rings (SSSR count). The summed E-state index contributed by atoms with van der Waals surface area (Å²) in [5.41, 5.74) is 4.54. The molecule has 0 aliphatic heterocycles. The summed E-state index contributed by atoms with van der Waals surface area (Å²) in [6, 6.07) is 6.06. The lowest BCUT2D eigenvalue weighted by atomic mass is 10.3. The van der Waals surface area contributed by atoms with Crippen LogP contribution in [0.15, 0.2) is 35.2 Å². The lowest BCUT2D eigenvalue weighted by Gasteiger charge is -2.11. The van der Waals surface area contributed by atoms with Gasteiger partial charge in [-0.25, -0.2) is 17.2 Å². The molecule has 0 atom stereocenters. The largest absolute Gasteiger partial charge is 0.394 e. The molecule has 0 radical (unpaired) electrons. The summed E-state index contributed by atoms with van der Waals surface area (Å²) in [5.74, 6) is -2.35. The molecule has 9 heteroatoms. The number of hydrogen-bond donors (Lipinski definition) is 2. The molecule has 0 aliphatic rings. The minimum absolute atomic E-state index is 0.224. The molecule has 0 saturated heterocycles. The highest BCUT2D eigenvalue weighted by Gasteiger charge is 2.23. The molecule has 0 amide bonds. The molecule has 0 bridgehead atoms. The van der Waals surface area contributed by atoms with E-state index in [-0.39, 0.29) is 5.69 Å². The van der Waals surface area contributed by atoms with Crippen LogP contribution >= 0.6 is 34.2 Å². The Labute approximate surface area is 138 Å². The highest BCUT2D eigenvalue weighted by atomic mass is 127. The zero-order valence-electron chi connectivity index (χ0n) is 10.2. The Balaban J connectivity index is 2.46. The van der Waals surface area contributed by atoms with Crippen molar-refractivity contribution in [3.63, 3.8) is 0 Å². The van der Waals surface area contributed by atoms with Gasteiger partial charge in [0.05, 0.1) is 5.69 Å². The zero-order valence-corrected chi connectivity index (χ0v) is 13.9. The molecular weight excluding hydrogens is 437 g/mol. The van der Waals surface area contributed by atoms with Gasteiger partial charge in [0, 0.05) is 8.59 Å². The molecule has 0 heterocycles. The Morgan fingerprint density at radius 3 is 2.48 bits per heavy atom. The summed E-state index contributed by atoms with van der Waals surface area (Å²) in [5, 5.41) is 0.430. The average molecular weight is 445 g/mol. The standard InChI is InChI=1S/C12H8ClF2IN2O2S/c13-6-1-3-9(8(16)5-6)18-21(19,20)10-4-2-7(14)12(17)11(10)15/h1-5,18H,17H2. The molecule has 2 aromatic rings. The maximum absolute atomic E-state index is 13.8. The molecule has 21 heavy (non-hydrogen) atoms. The monoisotopic (exact) mass is 444 g/mol. The van der Waals surface area contributed by atoms with Gasteiger partial charge in [-0.15, -0.1) is 0 Å². The van der Waals surface area contributed by atoms with Gasteiger partial charge in [-0.3, -0.25) is 4.72 Å². The van der Waals surface area contributed by atoms with Crippen LogP contribution in [-0.4, -0.2) is 8.42 Å². The van der Waals surface area contributed by atoms with Crippen molar-refractivity contribution in [1.29, 1.82) is 0 Å². The molecule has 2 aromatic carbocycles. The topological polar surface area (TPSA) is 72.2 Å². The number of nitrogens with one attached hydrogen (secondary N) is 1. The number of benzene rings is 2. The van der Waals surface area contributed by atoms with Crippen LogP contribution in [-0.2, 0) is 10.0 Å². The Hall–Kier alpha value is -1.13. The van der Waals surface area contributed by atoms with Crippen LogP contribution in [0.1, 0.15) is 0 Å². The van der Waals surface area contributed by atoms with Crippen molar-refractivity contribution in [1.82, 2.24) is 0 Å². The fourth-order valence-electron chi connectivity index (χ4n) is 1.53. The van der Waals surface area contributed by atoms with E-state index in [0.29, 0.717) is 8.59 Å². The van der Waals surface area contributed by atoms with Gasteiger partial charge in [0.25, 0.3) is 10.0 Å². The zero-order chi connectivity index (χ0) is 15.8. The Kier molecular flexibility index (Phi) is 4.59. The first kappa shape index (κ1) is 16.2. The molecule has 0 spiro atoms. The van der Waals surface area contributed by atoms with E-state index in [9.17, 15) is 17.2 Å². The van der Waals surface area contributed by atoms with Gasteiger partial charge in [-0.2, -0.15) is 0 Å². The number of halogens is 4. The van der Waals surface area contributed by atoms with Gasteiger partial charge >= 0.3 is 0 Å². The molecule has 0 unspecified atom stereocenters. The summed E-state index contributed by atoms with van der Waals surface area (Å²) in [4.78, 5) is -0.729. The third-order valence-corrected chi connectivity index (χ3v) is 5.07. The lowest BCUT2D eigenvalue weighted by Crippen LogP contribution is -2.16. The first-order valence-corrected chi connectivity index (χ1v) is 8.37. The predicted molar refractivity (Wildman–Crippen MR) is 85.7 cm³/mol. The van der Waals surface area contributed by atoms with Crippen LogP contribution in [0.4, 0.5) is 20.2 Å². The van der Waals surface area contributed by atoms with Crippen LogP contribution in [0.2, 0.25) is 5.02 Å². The first-order chi connectivity index (χ1) is 9.72. The number of sulfonamides is 1. The van der Waals surface area contributed by atoms with E-state index < -0.39 is 32.2 Å². The van der Waals surface area contributed by atoms with Gasteiger partial charge in [0.2, 0.25) is 0 Å². The van der Waals surface area contributed by atoms with E-state index in [2.05, 4.69) is 4.72 Å². The van der Waals surface area contributed by atoms with Crippen molar-refractivity contribution < 1.29 is 17.2 Å². The first-order valence-electron chi connectivity index (χ1n) is 5.43. The summed E-state index contributed by atoms with van der Waals surface area (Å²) in [6.45, 7) is 0. The normalized spacial score (nSPS) is 11.4. The molecule has 3 N–H and O–H groups in total. The van der Waals surface area contributed by atoms with E-state index in [1.165, 1.54) is 18.2 Å². The summed E-state index contributed by atoms with van der Waals surface area (Å²) in [7, 11) is -4.24. The van der Waals surface area contributed by atoms with E-state index in [0.717, 1.165) is 12.1 Å². The smallest absolute Gasteiger partial charge is 0.264 e. The van der Waals surface area contributed by atoms with Gasteiger partial charge in [-0.1, -0.05) is 11.6 Å². The Bertz CT molecular complexity index is 815. The van der Waals surface area contributed by atoms with Crippen LogP contribution in [0.5, 0.6) is 0 Å². The van der Waals surface area contributed by atoms with Crippen LogP contribution < -0.4 is 10.5 Å². The molecule has 0 aromatic heterocycles. The molecule has 0 saturated carbocycles. The molecule has 0 fully saturated rings. The molecule has 112 valence electrons. The lowest BCUT2D eigenvalue weighted by molar-refractivity contribution is 0.557. The highest BCUT2D eigenvalue weighted by molar-refractivity contribution is 14.1. The van der Waals surface area contributed by atoms with Gasteiger partial charge in [-0.05, 0) is 52.9 Å². The van der Waals surface area contributed by atoms with Crippen molar-refractivity contribution in [2.45, 2.75) is 4.90 Å². The second-order valence-electron chi connectivity index (χ2n) is 4.00. The van der Waals surface area contributed by atoms with Crippen molar-refractivity contribution in [2.75, 3.05) is 10.5 Å². The quantitative estimate of drug-likeness (QED) is 0.561. The van der Waals surface area contributed by atoms with Crippen molar-refractivity contribution in [2.24, 2.45) is 0 Å². The average Bonchev–Trinajstić information content (AvgIpc) is 2.39. The molecule has 0 aliphatic carbocycles. The number of nitrogen functional groups attached to an aromatic ring is 1. The number of rotatable bonds is 3. The number of hydrogen-bond acceptors (Lipinski definition) is 3. The highest BCUT2D eigenvalue weighted by Crippen LogP contribution is 2.27. The van der Waals surface area contributed by atoms with Crippen LogP contribution in [0, 0.1) is 15.2 Å². The molecular formula is C12H8ClF2IN2O2S. The van der Waals surface area contributed by atoms with Gasteiger partial charge < -0.3 is 5.73 Å². The van der Waals surface area contributed by atoms with Crippen molar-refractivity contribution >= 4 is 55.6 Å². The van der Waals surface area contributed by atoms with Crippen LogP contribution in [0.25, 0.3) is 0 Å². The number of anilines is 2. The van der Waals surface area contributed by atoms with Crippen LogP contribution in [0.3, 0.4) is 0 Å². The fourth-order valence-corrected chi connectivity index (χ4v) is 3.89. The van der Waals surface area contributed by atoms with Gasteiger partial charge in [0.1, 0.15) is 16.4 Å². The summed E-state index contributed by atoms with van der Waals surface area (Å²) >= 11 is 7.64. The summed E-state index contributed by atoms with van der Waals surface area (Å²) in [6.07, 6.45) is 0. The van der Waals surface area contributed by atoms with E-state index in [1.54, 1.807) is 0 Å².